The van der Waals surface area contributed by atoms with E-state index in [1.54, 1.807) is 6.92 Å². The molecule has 80 valence electrons. The largest absolute Gasteiger partial charge is 0.389 e. The van der Waals surface area contributed by atoms with Gasteiger partial charge in [0.15, 0.2) is 0 Å². The van der Waals surface area contributed by atoms with E-state index in [2.05, 4.69) is 0 Å². The molecular formula is C8H15F4N. The van der Waals surface area contributed by atoms with Crippen molar-refractivity contribution in [2.24, 2.45) is 5.73 Å². The second kappa shape index (κ2) is 4.79. The van der Waals surface area contributed by atoms with Gasteiger partial charge >= 0.3 is 6.18 Å². The number of nitrogens with two attached hydrogens (primary N) is 1. The van der Waals surface area contributed by atoms with E-state index < -0.39 is 24.7 Å². The van der Waals surface area contributed by atoms with Crippen molar-refractivity contribution < 1.29 is 17.6 Å². The van der Waals surface area contributed by atoms with Crippen molar-refractivity contribution in [3.63, 3.8) is 0 Å². The van der Waals surface area contributed by atoms with E-state index >= 15 is 0 Å². The van der Waals surface area contributed by atoms with Gasteiger partial charge < -0.3 is 5.73 Å². The zero-order valence-electron chi connectivity index (χ0n) is 7.62. The van der Waals surface area contributed by atoms with E-state index in [4.69, 9.17) is 5.73 Å². The van der Waals surface area contributed by atoms with Gasteiger partial charge in [-0.2, -0.15) is 13.2 Å². The maximum atomic E-state index is 13.4. The molecule has 0 radical (unpaired) electrons. The SMILES string of the molecule is CCCC(F)(CN)CCC(F)(F)F. The molecule has 13 heavy (non-hydrogen) atoms. The molecule has 0 heterocycles. The molecule has 0 fully saturated rings. The quantitative estimate of drug-likeness (QED) is 0.680. The van der Waals surface area contributed by atoms with Crippen LogP contribution in [0.4, 0.5) is 17.6 Å². The highest BCUT2D eigenvalue weighted by Crippen LogP contribution is 2.30. The van der Waals surface area contributed by atoms with Crippen LogP contribution in [0.25, 0.3) is 0 Å². The van der Waals surface area contributed by atoms with Crippen LogP contribution in [0.2, 0.25) is 0 Å². The van der Waals surface area contributed by atoms with E-state index in [-0.39, 0.29) is 13.0 Å². The average molecular weight is 201 g/mol. The third-order valence-corrected chi connectivity index (χ3v) is 1.92. The van der Waals surface area contributed by atoms with E-state index in [9.17, 15) is 17.6 Å². The Labute approximate surface area is 75.3 Å². The van der Waals surface area contributed by atoms with Crippen molar-refractivity contribution in [2.45, 2.75) is 44.5 Å². The highest BCUT2D eigenvalue weighted by atomic mass is 19.4. The summed E-state index contributed by atoms with van der Waals surface area (Å²) in [6, 6.07) is 0. The monoisotopic (exact) mass is 201 g/mol. The Bertz CT molecular complexity index is 146. The lowest BCUT2D eigenvalue weighted by Crippen LogP contribution is -2.34. The predicted octanol–water partition coefficient (Wildman–Crippen LogP) is 2.80. The van der Waals surface area contributed by atoms with Gasteiger partial charge in [-0.1, -0.05) is 13.3 Å². The molecule has 0 aromatic rings. The topological polar surface area (TPSA) is 26.0 Å². The molecule has 0 saturated carbocycles. The van der Waals surface area contributed by atoms with Crippen molar-refractivity contribution >= 4 is 0 Å². The maximum absolute atomic E-state index is 13.4. The lowest BCUT2D eigenvalue weighted by atomic mass is 9.94. The molecule has 0 amide bonds. The molecule has 0 aliphatic carbocycles. The third-order valence-electron chi connectivity index (χ3n) is 1.92. The van der Waals surface area contributed by atoms with Gasteiger partial charge in [0.05, 0.1) is 0 Å². The van der Waals surface area contributed by atoms with Gasteiger partial charge in [-0.25, -0.2) is 4.39 Å². The van der Waals surface area contributed by atoms with E-state index in [1.807, 2.05) is 0 Å². The molecule has 1 atom stereocenters. The second-order valence-corrected chi connectivity index (χ2v) is 3.22. The summed E-state index contributed by atoms with van der Waals surface area (Å²) in [6.45, 7) is 1.38. The Morgan fingerprint density at radius 2 is 1.54 bits per heavy atom. The number of hydrogen-bond donors (Lipinski definition) is 1. The molecule has 0 aliphatic rings. The average Bonchev–Trinajstić information content (AvgIpc) is 2.01. The van der Waals surface area contributed by atoms with Crippen LogP contribution in [0.3, 0.4) is 0 Å². The lowest BCUT2D eigenvalue weighted by molar-refractivity contribution is -0.142. The van der Waals surface area contributed by atoms with Crippen LogP contribution in [-0.4, -0.2) is 18.4 Å². The molecule has 0 bridgehead atoms. The Hall–Kier alpha value is -0.320. The molecule has 0 aliphatic heterocycles. The summed E-state index contributed by atoms with van der Waals surface area (Å²) in [5.74, 6) is 0. The molecule has 0 aromatic carbocycles. The van der Waals surface area contributed by atoms with Crippen molar-refractivity contribution in [3.8, 4) is 0 Å². The molecular weight excluding hydrogens is 186 g/mol. The zero-order valence-corrected chi connectivity index (χ0v) is 7.62. The molecule has 1 unspecified atom stereocenters. The van der Waals surface area contributed by atoms with Gasteiger partial charge in [0.25, 0.3) is 0 Å². The first-order chi connectivity index (χ1) is 5.83. The highest BCUT2D eigenvalue weighted by molar-refractivity contribution is 4.80. The summed E-state index contributed by atoms with van der Waals surface area (Å²) in [5, 5.41) is 0. The van der Waals surface area contributed by atoms with Gasteiger partial charge in [-0.3, -0.25) is 0 Å². The molecule has 0 spiro atoms. The standard InChI is InChI=1S/C8H15F4N/c1-2-3-7(9,6-13)4-5-8(10,11)12/h2-6,13H2,1H3. The molecule has 5 heteroatoms. The second-order valence-electron chi connectivity index (χ2n) is 3.22. The van der Waals surface area contributed by atoms with Crippen LogP contribution in [0.15, 0.2) is 0 Å². The van der Waals surface area contributed by atoms with Crippen molar-refractivity contribution in [2.75, 3.05) is 6.54 Å². The predicted molar refractivity (Wildman–Crippen MR) is 43.1 cm³/mol. The van der Waals surface area contributed by atoms with Crippen LogP contribution in [-0.2, 0) is 0 Å². The Kier molecular flexibility index (Phi) is 4.67. The molecule has 1 nitrogen and oxygen atoms in total. The lowest BCUT2D eigenvalue weighted by Gasteiger charge is -2.23. The van der Waals surface area contributed by atoms with Crippen LogP contribution in [0.5, 0.6) is 0 Å². The van der Waals surface area contributed by atoms with Crippen molar-refractivity contribution in [1.82, 2.24) is 0 Å². The summed E-state index contributed by atoms with van der Waals surface area (Å²) in [6.07, 6.45) is -5.31. The maximum Gasteiger partial charge on any atom is 0.389 e. The summed E-state index contributed by atoms with van der Waals surface area (Å²) in [4.78, 5) is 0. The summed E-state index contributed by atoms with van der Waals surface area (Å²) in [7, 11) is 0. The Morgan fingerprint density at radius 1 is 1.00 bits per heavy atom. The Balaban J connectivity index is 3.97. The fourth-order valence-corrected chi connectivity index (χ4v) is 1.14. The first-order valence-corrected chi connectivity index (χ1v) is 4.29. The summed E-state index contributed by atoms with van der Waals surface area (Å²) in [5.41, 5.74) is 3.24. The van der Waals surface area contributed by atoms with E-state index in [0.29, 0.717) is 6.42 Å². The minimum atomic E-state index is -4.29. The number of alkyl halides is 4. The smallest absolute Gasteiger partial charge is 0.328 e. The fraction of sp³-hybridized carbons (Fsp3) is 1.00. The summed E-state index contributed by atoms with van der Waals surface area (Å²) < 4.78 is 48.7. The molecule has 0 rings (SSSR count). The van der Waals surface area contributed by atoms with Gasteiger partial charge in [-0.05, 0) is 12.8 Å². The summed E-state index contributed by atoms with van der Waals surface area (Å²) >= 11 is 0. The van der Waals surface area contributed by atoms with Crippen LogP contribution >= 0.6 is 0 Å². The van der Waals surface area contributed by atoms with Crippen LogP contribution < -0.4 is 5.73 Å². The fourth-order valence-electron chi connectivity index (χ4n) is 1.14. The highest BCUT2D eigenvalue weighted by Gasteiger charge is 2.34. The van der Waals surface area contributed by atoms with Gasteiger partial charge in [0.2, 0.25) is 0 Å². The Morgan fingerprint density at radius 3 is 1.85 bits per heavy atom. The number of rotatable bonds is 5. The number of hydrogen-bond acceptors (Lipinski definition) is 1. The minimum Gasteiger partial charge on any atom is -0.328 e. The van der Waals surface area contributed by atoms with Gasteiger partial charge in [0.1, 0.15) is 5.67 Å². The third kappa shape index (κ3) is 5.85. The van der Waals surface area contributed by atoms with Crippen molar-refractivity contribution in [3.05, 3.63) is 0 Å². The van der Waals surface area contributed by atoms with E-state index in [0.717, 1.165) is 0 Å². The first kappa shape index (κ1) is 12.7. The van der Waals surface area contributed by atoms with Crippen LogP contribution in [0.1, 0.15) is 32.6 Å². The zero-order chi connectivity index (χ0) is 10.5. The molecule has 2 N–H and O–H groups in total. The molecule has 0 saturated heterocycles. The minimum absolute atomic E-state index is 0.0968. The normalized spacial score (nSPS) is 17.1. The number of halogens is 4. The van der Waals surface area contributed by atoms with Crippen molar-refractivity contribution in [1.29, 1.82) is 0 Å². The first-order valence-electron chi connectivity index (χ1n) is 4.29. The van der Waals surface area contributed by atoms with E-state index in [1.165, 1.54) is 0 Å². The molecule has 0 aromatic heterocycles. The van der Waals surface area contributed by atoms with Gasteiger partial charge in [0, 0.05) is 13.0 Å². The van der Waals surface area contributed by atoms with Gasteiger partial charge in [-0.15, -0.1) is 0 Å². The van der Waals surface area contributed by atoms with Crippen LogP contribution in [0, 0.1) is 0 Å².